The molecule has 146 valence electrons. The molecule has 0 aliphatic carbocycles. The van der Waals surface area contributed by atoms with Crippen molar-refractivity contribution >= 4 is 33.3 Å². The van der Waals surface area contributed by atoms with Gasteiger partial charge >= 0.3 is 5.69 Å². The zero-order valence-corrected chi connectivity index (χ0v) is 17.2. The van der Waals surface area contributed by atoms with Gasteiger partial charge in [-0.05, 0) is 30.5 Å². The minimum atomic E-state index is -0.634. The summed E-state index contributed by atoms with van der Waals surface area (Å²) in [5.74, 6) is -0.199. The van der Waals surface area contributed by atoms with Crippen molar-refractivity contribution in [2.45, 2.75) is 46.1 Å². The molecule has 0 bridgehead atoms. The second-order valence-corrected chi connectivity index (χ2v) is 7.26. The van der Waals surface area contributed by atoms with E-state index >= 15 is 0 Å². The largest absolute Gasteiger partial charge is 0.383 e. The number of anilines is 2. The van der Waals surface area contributed by atoms with Gasteiger partial charge in [-0.2, -0.15) is 0 Å². The number of carbonyl (C=O) groups is 1. The first-order valence-corrected chi connectivity index (χ1v) is 9.85. The van der Waals surface area contributed by atoms with Crippen LogP contribution in [0.15, 0.2) is 38.3 Å². The van der Waals surface area contributed by atoms with Crippen LogP contribution in [0.25, 0.3) is 0 Å². The van der Waals surface area contributed by atoms with Crippen LogP contribution in [0.4, 0.5) is 11.5 Å². The molecule has 3 N–H and O–H groups in total. The first-order chi connectivity index (χ1) is 12.9. The molecule has 1 aromatic carbocycles. The minimum Gasteiger partial charge on any atom is -0.383 e. The topological polar surface area (TPSA) is 101 Å². The monoisotopic (exact) mass is 436 g/mol. The molecule has 1 aromatic heterocycles. The number of hydrogen-bond donors (Lipinski definition) is 2. The molecule has 0 aliphatic heterocycles. The van der Waals surface area contributed by atoms with E-state index in [-0.39, 0.29) is 23.8 Å². The molecule has 2 rings (SSSR count). The van der Waals surface area contributed by atoms with Crippen LogP contribution in [0.5, 0.6) is 0 Å². The average Bonchev–Trinajstić information content (AvgIpc) is 2.63. The van der Waals surface area contributed by atoms with Gasteiger partial charge in [-0.15, -0.1) is 0 Å². The van der Waals surface area contributed by atoms with Crippen LogP contribution in [0, 0.1) is 0 Å². The Hall–Kier alpha value is -2.35. The van der Waals surface area contributed by atoms with Crippen molar-refractivity contribution in [2.75, 3.05) is 17.2 Å². The molecule has 0 aliphatic rings. The maximum absolute atomic E-state index is 13.0. The molecule has 1 amide bonds. The van der Waals surface area contributed by atoms with E-state index in [4.69, 9.17) is 5.73 Å². The van der Waals surface area contributed by atoms with Gasteiger partial charge in [-0.1, -0.05) is 48.3 Å². The number of unbranched alkanes of at least 4 members (excludes halogenated alkanes) is 1. The van der Waals surface area contributed by atoms with Crippen LogP contribution in [0.1, 0.15) is 38.7 Å². The summed E-state index contributed by atoms with van der Waals surface area (Å²) in [5.41, 5.74) is 5.84. The lowest BCUT2D eigenvalue weighted by Crippen LogP contribution is -2.42. The van der Waals surface area contributed by atoms with Crippen molar-refractivity contribution in [1.82, 2.24) is 9.55 Å². The van der Waals surface area contributed by atoms with Gasteiger partial charge in [0.2, 0.25) is 5.91 Å². The van der Waals surface area contributed by atoms with E-state index in [1.807, 2.05) is 38.1 Å². The fourth-order valence-electron chi connectivity index (χ4n) is 2.83. The molecule has 27 heavy (non-hydrogen) atoms. The van der Waals surface area contributed by atoms with Gasteiger partial charge in [0.15, 0.2) is 5.69 Å². The second kappa shape index (κ2) is 9.55. The Labute approximate surface area is 166 Å². The first-order valence-electron chi connectivity index (χ1n) is 9.06. The third kappa shape index (κ3) is 5.09. The quantitative estimate of drug-likeness (QED) is 0.663. The number of nitrogens with two attached hydrogens (primary N) is 1. The first kappa shape index (κ1) is 21.0. The van der Waals surface area contributed by atoms with Crippen LogP contribution in [-0.2, 0) is 17.8 Å². The Morgan fingerprint density at radius 2 is 1.85 bits per heavy atom. The molecule has 0 atom stereocenters. The molecule has 0 radical (unpaired) electrons. The van der Waals surface area contributed by atoms with Crippen LogP contribution in [0.2, 0.25) is 0 Å². The Morgan fingerprint density at radius 1 is 1.19 bits per heavy atom. The maximum Gasteiger partial charge on any atom is 0.330 e. The molecule has 0 unspecified atom stereocenters. The molecule has 1 heterocycles. The molecular weight excluding hydrogens is 412 g/mol. The van der Waals surface area contributed by atoms with Crippen molar-refractivity contribution in [1.29, 1.82) is 0 Å². The number of nitrogens with one attached hydrogen (secondary N) is 1. The highest BCUT2D eigenvalue weighted by Crippen LogP contribution is 2.20. The van der Waals surface area contributed by atoms with E-state index in [2.05, 4.69) is 20.9 Å². The van der Waals surface area contributed by atoms with Crippen molar-refractivity contribution in [3.63, 3.8) is 0 Å². The Kier molecular flexibility index (Phi) is 7.41. The van der Waals surface area contributed by atoms with E-state index in [9.17, 15) is 14.4 Å². The summed E-state index contributed by atoms with van der Waals surface area (Å²) < 4.78 is 2.23. The number of amides is 1. The number of benzene rings is 1. The third-order valence-electron chi connectivity index (χ3n) is 4.24. The molecule has 7 nitrogen and oxygen atoms in total. The summed E-state index contributed by atoms with van der Waals surface area (Å²) in [5, 5.41) is 0. The number of nitrogen functional groups attached to an aromatic ring is 1. The number of rotatable bonds is 8. The van der Waals surface area contributed by atoms with Crippen LogP contribution < -0.4 is 21.9 Å². The van der Waals surface area contributed by atoms with Crippen molar-refractivity contribution in [2.24, 2.45) is 0 Å². The summed E-state index contributed by atoms with van der Waals surface area (Å²) in [6.07, 6.45) is 2.40. The zero-order chi connectivity index (χ0) is 20.0. The summed E-state index contributed by atoms with van der Waals surface area (Å²) in [4.78, 5) is 41.2. The Morgan fingerprint density at radius 3 is 2.44 bits per heavy atom. The molecule has 2 aromatic rings. The molecule has 8 heteroatoms. The average molecular weight is 437 g/mol. The highest BCUT2D eigenvalue weighted by Gasteiger charge is 2.23. The summed E-state index contributed by atoms with van der Waals surface area (Å²) in [7, 11) is 0. The number of nitrogens with zero attached hydrogens (tertiary/aromatic N) is 2. The predicted octanol–water partition coefficient (Wildman–Crippen LogP) is 2.67. The number of carbonyl (C=O) groups excluding carboxylic acids is 1. The van der Waals surface area contributed by atoms with Crippen LogP contribution in [0.3, 0.4) is 0 Å². The van der Waals surface area contributed by atoms with Gasteiger partial charge < -0.3 is 10.6 Å². The van der Waals surface area contributed by atoms with Gasteiger partial charge in [0.1, 0.15) is 5.82 Å². The van der Waals surface area contributed by atoms with Crippen molar-refractivity contribution in [3.8, 4) is 0 Å². The van der Waals surface area contributed by atoms with E-state index in [0.717, 1.165) is 22.9 Å². The predicted molar refractivity (Wildman–Crippen MR) is 111 cm³/mol. The highest BCUT2D eigenvalue weighted by atomic mass is 79.9. The second-order valence-electron chi connectivity index (χ2n) is 6.35. The van der Waals surface area contributed by atoms with Crippen molar-refractivity contribution < 1.29 is 4.79 Å². The highest BCUT2D eigenvalue weighted by molar-refractivity contribution is 9.10. The zero-order valence-electron chi connectivity index (χ0n) is 15.6. The molecule has 0 fully saturated rings. The summed E-state index contributed by atoms with van der Waals surface area (Å²) in [6.45, 7) is 4.65. The van der Waals surface area contributed by atoms with Gasteiger partial charge in [-0.25, -0.2) is 4.79 Å². The lowest BCUT2D eigenvalue weighted by molar-refractivity contribution is -0.118. The molecule has 0 saturated heterocycles. The van der Waals surface area contributed by atoms with E-state index in [1.165, 1.54) is 9.47 Å². The van der Waals surface area contributed by atoms with Crippen molar-refractivity contribution in [3.05, 3.63) is 55.1 Å². The van der Waals surface area contributed by atoms with E-state index in [1.54, 1.807) is 0 Å². The maximum atomic E-state index is 13.0. The number of hydrogen-bond acceptors (Lipinski definition) is 4. The lowest BCUT2D eigenvalue weighted by Gasteiger charge is -2.24. The van der Waals surface area contributed by atoms with Gasteiger partial charge in [0.05, 0.1) is 6.42 Å². The smallest absolute Gasteiger partial charge is 0.330 e. The third-order valence-corrected chi connectivity index (χ3v) is 4.76. The minimum absolute atomic E-state index is 0.0332. The number of aromatic amines is 1. The number of H-pyrrole nitrogens is 1. The van der Waals surface area contributed by atoms with Gasteiger partial charge in [0.25, 0.3) is 5.56 Å². The molecule has 0 saturated carbocycles. The Balaban J connectivity index is 2.45. The SMILES string of the molecule is CCCCN(C(=O)Cc1ccc(Br)cc1)c1c(N)n(CCC)c(=O)[nH]c1=O. The van der Waals surface area contributed by atoms with E-state index < -0.39 is 11.2 Å². The fraction of sp³-hybridized carbons (Fsp3) is 0.421. The number of halogens is 1. The van der Waals surface area contributed by atoms with Crippen LogP contribution >= 0.6 is 15.9 Å². The summed E-state index contributed by atoms with van der Waals surface area (Å²) in [6, 6.07) is 7.43. The van der Waals surface area contributed by atoms with E-state index in [0.29, 0.717) is 19.5 Å². The van der Waals surface area contributed by atoms with Crippen LogP contribution in [-0.4, -0.2) is 22.0 Å². The lowest BCUT2D eigenvalue weighted by atomic mass is 10.1. The normalized spacial score (nSPS) is 10.8. The fourth-order valence-corrected chi connectivity index (χ4v) is 3.10. The molecular formula is C19H25BrN4O3. The van der Waals surface area contributed by atoms with Gasteiger partial charge in [-0.3, -0.25) is 19.1 Å². The van der Waals surface area contributed by atoms with Gasteiger partial charge in [0, 0.05) is 17.6 Å². The number of aromatic nitrogens is 2. The standard InChI is InChI=1S/C19H25BrN4O3/c1-3-5-11-23(15(25)12-13-6-8-14(20)9-7-13)16-17(21)24(10-4-2)19(27)22-18(16)26/h6-9H,3-5,10-12,21H2,1-2H3,(H,22,26,27). The summed E-state index contributed by atoms with van der Waals surface area (Å²) >= 11 is 3.37. The Bertz CT molecular complexity index is 903. The molecule has 0 spiro atoms.